The molecule has 0 aliphatic heterocycles. The van der Waals surface area contributed by atoms with E-state index in [0.29, 0.717) is 6.42 Å². The normalized spacial score (nSPS) is 13.7. The lowest BCUT2D eigenvalue weighted by atomic mass is 9.79. The predicted octanol–water partition coefficient (Wildman–Crippen LogP) is 3.59. The van der Waals surface area contributed by atoms with Crippen LogP contribution in [-0.2, 0) is 11.2 Å². The van der Waals surface area contributed by atoms with E-state index in [0.717, 1.165) is 15.2 Å². The Morgan fingerprint density at radius 3 is 2.61 bits per heavy atom. The maximum atomic E-state index is 11.3. The molecule has 0 radical (unpaired) electrons. The van der Waals surface area contributed by atoms with E-state index in [1.165, 1.54) is 0 Å². The van der Waals surface area contributed by atoms with Gasteiger partial charge in [-0.2, -0.15) is 0 Å². The topological polar surface area (TPSA) is 50.2 Å². The van der Waals surface area contributed by atoms with Crippen LogP contribution in [0.25, 0.3) is 10.2 Å². The highest BCUT2D eigenvalue weighted by atomic mass is 32.1. The second-order valence-electron chi connectivity index (χ2n) is 5.54. The van der Waals surface area contributed by atoms with Gasteiger partial charge < -0.3 is 5.11 Å². The van der Waals surface area contributed by atoms with Gasteiger partial charge in [0.1, 0.15) is 0 Å². The Morgan fingerprint density at radius 1 is 1.39 bits per heavy atom. The highest BCUT2D eigenvalue weighted by Gasteiger charge is 2.32. The van der Waals surface area contributed by atoms with E-state index in [-0.39, 0.29) is 5.41 Å². The van der Waals surface area contributed by atoms with Crippen LogP contribution in [0.4, 0.5) is 0 Å². The molecule has 1 atom stereocenters. The number of fused-ring (bicyclic) bond motifs is 1. The van der Waals surface area contributed by atoms with Gasteiger partial charge in [-0.05, 0) is 17.5 Å². The third-order valence-electron chi connectivity index (χ3n) is 3.06. The van der Waals surface area contributed by atoms with Crippen LogP contribution in [0.3, 0.4) is 0 Å². The van der Waals surface area contributed by atoms with E-state index in [9.17, 15) is 9.90 Å². The van der Waals surface area contributed by atoms with Crippen molar-refractivity contribution in [2.24, 2.45) is 11.3 Å². The van der Waals surface area contributed by atoms with Crippen LogP contribution < -0.4 is 0 Å². The molecule has 2 aromatic rings. The molecular formula is C14H17NO2S. The fraction of sp³-hybridized carbons (Fsp3) is 0.429. The van der Waals surface area contributed by atoms with Gasteiger partial charge >= 0.3 is 5.97 Å². The Morgan fingerprint density at radius 2 is 2.06 bits per heavy atom. The third kappa shape index (κ3) is 2.70. The molecule has 0 saturated heterocycles. The lowest BCUT2D eigenvalue weighted by molar-refractivity contribution is -0.145. The minimum absolute atomic E-state index is 0.260. The van der Waals surface area contributed by atoms with E-state index >= 15 is 0 Å². The number of rotatable bonds is 3. The molecular weight excluding hydrogens is 246 g/mol. The smallest absolute Gasteiger partial charge is 0.307 e. The van der Waals surface area contributed by atoms with Crippen LogP contribution in [-0.4, -0.2) is 16.1 Å². The Balaban J connectivity index is 2.29. The number of para-hydroxylation sites is 1. The van der Waals surface area contributed by atoms with E-state index in [2.05, 4.69) is 4.98 Å². The summed E-state index contributed by atoms with van der Waals surface area (Å²) in [6.45, 7) is 5.87. The first-order valence-electron chi connectivity index (χ1n) is 5.95. The highest BCUT2D eigenvalue weighted by molar-refractivity contribution is 7.18. The summed E-state index contributed by atoms with van der Waals surface area (Å²) in [5, 5.41) is 10.2. The number of hydrogen-bond acceptors (Lipinski definition) is 3. The lowest BCUT2D eigenvalue weighted by Crippen LogP contribution is -2.30. The molecule has 1 unspecified atom stereocenters. The maximum absolute atomic E-state index is 11.3. The molecule has 1 heterocycles. The molecule has 0 spiro atoms. The van der Waals surface area contributed by atoms with Crippen LogP contribution in [0.15, 0.2) is 24.3 Å². The molecule has 1 N–H and O–H groups in total. The summed E-state index contributed by atoms with van der Waals surface area (Å²) in [5.74, 6) is -1.15. The Bertz CT molecular complexity index is 535. The fourth-order valence-corrected chi connectivity index (χ4v) is 2.96. The average molecular weight is 263 g/mol. The van der Waals surface area contributed by atoms with Gasteiger partial charge in [0.05, 0.1) is 21.1 Å². The van der Waals surface area contributed by atoms with Crippen LogP contribution in [0.1, 0.15) is 25.8 Å². The van der Waals surface area contributed by atoms with Crippen molar-refractivity contribution in [3.05, 3.63) is 29.3 Å². The molecule has 1 aromatic carbocycles. The number of benzene rings is 1. The number of nitrogens with zero attached hydrogens (tertiary/aromatic N) is 1. The van der Waals surface area contributed by atoms with Gasteiger partial charge in [-0.1, -0.05) is 32.9 Å². The van der Waals surface area contributed by atoms with Gasteiger partial charge in [-0.15, -0.1) is 11.3 Å². The number of thiazole rings is 1. The Kier molecular flexibility index (Phi) is 3.39. The SMILES string of the molecule is CC(C)(C)C(Cc1nc2ccccc2s1)C(=O)O. The van der Waals surface area contributed by atoms with Gasteiger partial charge in [0.2, 0.25) is 0 Å². The third-order valence-corrected chi connectivity index (χ3v) is 4.12. The van der Waals surface area contributed by atoms with Gasteiger partial charge in [0, 0.05) is 6.42 Å². The Hall–Kier alpha value is -1.42. The van der Waals surface area contributed by atoms with Crippen molar-refractivity contribution in [1.82, 2.24) is 4.98 Å². The monoisotopic (exact) mass is 263 g/mol. The van der Waals surface area contributed by atoms with Crippen molar-refractivity contribution < 1.29 is 9.90 Å². The molecule has 0 saturated carbocycles. The van der Waals surface area contributed by atoms with Crippen molar-refractivity contribution >= 4 is 27.5 Å². The predicted molar refractivity (Wildman–Crippen MR) is 73.9 cm³/mol. The molecule has 1 aromatic heterocycles. The first-order valence-corrected chi connectivity index (χ1v) is 6.77. The van der Waals surface area contributed by atoms with Crippen LogP contribution >= 0.6 is 11.3 Å². The number of carboxylic acids is 1. The summed E-state index contributed by atoms with van der Waals surface area (Å²) in [5.41, 5.74) is 0.694. The molecule has 0 aliphatic carbocycles. The van der Waals surface area contributed by atoms with E-state index in [4.69, 9.17) is 0 Å². The summed E-state index contributed by atoms with van der Waals surface area (Å²) < 4.78 is 1.12. The molecule has 96 valence electrons. The molecule has 4 heteroatoms. The quantitative estimate of drug-likeness (QED) is 0.920. The first-order chi connectivity index (χ1) is 8.38. The standard InChI is InChI=1S/C14H17NO2S/c1-14(2,3)9(13(16)17)8-12-15-10-6-4-5-7-11(10)18-12/h4-7,9H,8H2,1-3H3,(H,16,17). The second kappa shape index (κ2) is 4.69. The zero-order valence-electron chi connectivity index (χ0n) is 10.8. The van der Waals surface area contributed by atoms with Crippen LogP contribution in [0, 0.1) is 11.3 Å². The molecule has 0 amide bonds. The lowest BCUT2D eigenvalue weighted by Gasteiger charge is -2.26. The Labute approximate surface area is 110 Å². The van der Waals surface area contributed by atoms with Crippen molar-refractivity contribution in [1.29, 1.82) is 0 Å². The first kappa shape index (κ1) is 13.0. The number of aliphatic carboxylic acids is 1. The van der Waals surface area contributed by atoms with Gasteiger partial charge in [0.25, 0.3) is 0 Å². The van der Waals surface area contributed by atoms with Crippen molar-refractivity contribution in [2.75, 3.05) is 0 Å². The minimum Gasteiger partial charge on any atom is -0.481 e. The molecule has 3 nitrogen and oxygen atoms in total. The zero-order chi connectivity index (χ0) is 13.3. The summed E-state index contributed by atoms with van der Waals surface area (Å²) in [4.78, 5) is 15.8. The summed E-state index contributed by atoms with van der Waals surface area (Å²) in [7, 11) is 0. The van der Waals surface area contributed by atoms with Crippen molar-refractivity contribution in [3.8, 4) is 0 Å². The molecule has 0 bridgehead atoms. The molecule has 18 heavy (non-hydrogen) atoms. The van der Waals surface area contributed by atoms with E-state index in [1.54, 1.807) is 11.3 Å². The second-order valence-corrected chi connectivity index (χ2v) is 6.65. The molecule has 0 fully saturated rings. The highest BCUT2D eigenvalue weighted by Crippen LogP contribution is 2.32. The van der Waals surface area contributed by atoms with E-state index < -0.39 is 11.9 Å². The molecule has 2 rings (SSSR count). The van der Waals surface area contributed by atoms with Gasteiger partial charge in [-0.3, -0.25) is 4.79 Å². The zero-order valence-corrected chi connectivity index (χ0v) is 11.6. The van der Waals surface area contributed by atoms with Crippen molar-refractivity contribution in [2.45, 2.75) is 27.2 Å². The van der Waals surface area contributed by atoms with Crippen molar-refractivity contribution in [3.63, 3.8) is 0 Å². The van der Waals surface area contributed by atoms with Gasteiger partial charge in [-0.25, -0.2) is 4.98 Å². The summed E-state index contributed by atoms with van der Waals surface area (Å²) in [6.07, 6.45) is 0.498. The van der Waals surface area contributed by atoms with Gasteiger partial charge in [0.15, 0.2) is 0 Å². The maximum Gasteiger partial charge on any atom is 0.307 e. The average Bonchev–Trinajstić information content (AvgIpc) is 2.66. The largest absolute Gasteiger partial charge is 0.481 e. The molecule has 0 aliphatic rings. The fourth-order valence-electron chi connectivity index (χ4n) is 1.95. The number of carbonyl (C=O) groups is 1. The van der Waals surface area contributed by atoms with Crippen LogP contribution in [0.5, 0.6) is 0 Å². The summed E-state index contributed by atoms with van der Waals surface area (Å²) in [6, 6.07) is 7.90. The minimum atomic E-state index is -0.748. The number of aromatic nitrogens is 1. The van der Waals surface area contributed by atoms with E-state index in [1.807, 2.05) is 45.0 Å². The number of hydrogen-bond donors (Lipinski definition) is 1. The van der Waals surface area contributed by atoms with Crippen LogP contribution in [0.2, 0.25) is 0 Å². The summed E-state index contributed by atoms with van der Waals surface area (Å²) >= 11 is 1.58. The number of carboxylic acid groups (broad SMARTS) is 1.